The van der Waals surface area contributed by atoms with Gasteiger partial charge in [-0.2, -0.15) is 4.98 Å². The molecule has 3 N–H and O–H groups in total. The number of rotatable bonds is 9. The number of benzene rings is 1. The number of hydrogen-bond donors (Lipinski definition) is 3. The zero-order valence-electron chi connectivity index (χ0n) is 15.2. The fourth-order valence-corrected chi connectivity index (χ4v) is 2.49. The van der Waals surface area contributed by atoms with Gasteiger partial charge >= 0.3 is 6.36 Å². The molecule has 0 saturated carbocycles. The van der Waals surface area contributed by atoms with E-state index in [1.165, 1.54) is 18.2 Å². The summed E-state index contributed by atoms with van der Waals surface area (Å²) < 4.78 is 46.8. The van der Waals surface area contributed by atoms with Gasteiger partial charge in [0.25, 0.3) is 0 Å². The lowest BCUT2D eigenvalue weighted by Gasteiger charge is -2.12. The van der Waals surface area contributed by atoms with Crippen LogP contribution in [0.15, 0.2) is 53.1 Å². The van der Waals surface area contributed by atoms with Gasteiger partial charge in [-0.25, -0.2) is 4.98 Å². The summed E-state index contributed by atoms with van der Waals surface area (Å²) in [5.74, 6) is 1.09. The Morgan fingerprint density at radius 1 is 1.07 bits per heavy atom. The van der Waals surface area contributed by atoms with E-state index < -0.39 is 6.36 Å². The van der Waals surface area contributed by atoms with Crippen LogP contribution in [0.25, 0.3) is 11.3 Å². The third kappa shape index (κ3) is 6.39. The zero-order valence-corrected chi connectivity index (χ0v) is 15.2. The molecule has 0 fully saturated rings. The van der Waals surface area contributed by atoms with Crippen LogP contribution < -0.4 is 15.4 Å². The number of aromatic nitrogens is 2. The van der Waals surface area contributed by atoms with Gasteiger partial charge in [-0.3, -0.25) is 0 Å². The van der Waals surface area contributed by atoms with Gasteiger partial charge in [0.15, 0.2) is 0 Å². The predicted molar refractivity (Wildman–Crippen MR) is 100 cm³/mol. The van der Waals surface area contributed by atoms with E-state index in [4.69, 9.17) is 9.52 Å². The van der Waals surface area contributed by atoms with E-state index in [-0.39, 0.29) is 18.3 Å². The van der Waals surface area contributed by atoms with E-state index in [9.17, 15) is 13.2 Å². The highest BCUT2D eigenvalue weighted by atomic mass is 19.4. The molecule has 1 aromatic carbocycles. The van der Waals surface area contributed by atoms with Crippen molar-refractivity contribution in [1.82, 2.24) is 9.97 Å². The quantitative estimate of drug-likeness (QED) is 0.460. The number of alkyl halides is 3. The second kappa shape index (κ2) is 9.28. The number of aliphatic hydroxyl groups is 1. The van der Waals surface area contributed by atoms with Gasteiger partial charge < -0.3 is 24.9 Å². The first-order valence-corrected chi connectivity index (χ1v) is 8.79. The SMILES string of the molecule is OCCCNc1nc(NCc2ccco2)cc(-c2cccc(OC(F)(F)F)c2)n1. The van der Waals surface area contributed by atoms with Crippen LogP contribution in [0.3, 0.4) is 0 Å². The van der Waals surface area contributed by atoms with Crippen molar-refractivity contribution < 1.29 is 27.4 Å². The Kier molecular flexibility index (Phi) is 6.55. The van der Waals surface area contributed by atoms with Gasteiger partial charge in [0.2, 0.25) is 5.95 Å². The summed E-state index contributed by atoms with van der Waals surface area (Å²) in [6.45, 7) is 0.818. The molecule has 0 amide bonds. The molecular weight excluding hydrogens is 389 g/mol. The summed E-state index contributed by atoms with van der Waals surface area (Å²) in [6, 6.07) is 10.7. The Bertz CT molecular complexity index is 917. The fraction of sp³-hybridized carbons (Fsp3) is 0.263. The number of ether oxygens (including phenoxy) is 1. The van der Waals surface area contributed by atoms with Gasteiger partial charge in [-0.15, -0.1) is 13.2 Å². The van der Waals surface area contributed by atoms with Crippen molar-refractivity contribution in [2.24, 2.45) is 0 Å². The molecule has 0 aliphatic rings. The molecule has 0 aliphatic carbocycles. The van der Waals surface area contributed by atoms with Crippen molar-refractivity contribution in [3.63, 3.8) is 0 Å². The number of anilines is 2. The third-order valence-electron chi connectivity index (χ3n) is 3.73. The summed E-state index contributed by atoms with van der Waals surface area (Å²) in [5.41, 5.74) is 0.835. The van der Waals surface area contributed by atoms with Crippen LogP contribution in [0, 0.1) is 0 Å². The van der Waals surface area contributed by atoms with E-state index >= 15 is 0 Å². The van der Waals surface area contributed by atoms with Crippen molar-refractivity contribution in [3.8, 4) is 17.0 Å². The average Bonchev–Trinajstić information content (AvgIpc) is 3.19. The van der Waals surface area contributed by atoms with Crippen molar-refractivity contribution in [2.75, 3.05) is 23.8 Å². The molecule has 0 aliphatic heterocycles. The minimum absolute atomic E-state index is 0.00706. The molecule has 0 spiro atoms. The summed E-state index contributed by atoms with van der Waals surface area (Å²) >= 11 is 0. The monoisotopic (exact) mass is 408 g/mol. The van der Waals surface area contributed by atoms with E-state index in [1.807, 2.05) is 0 Å². The Morgan fingerprint density at radius 3 is 2.66 bits per heavy atom. The molecule has 2 aromatic heterocycles. The third-order valence-corrected chi connectivity index (χ3v) is 3.73. The molecule has 10 heteroatoms. The standard InChI is InChI=1S/C19H19F3N4O3/c20-19(21,22)29-14-5-1-4-13(10-14)16-11-17(24-12-15-6-2-9-28-15)26-18(25-16)23-7-3-8-27/h1-2,4-6,9-11,27H,3,7-8,12H2,(H2,23,24,25,26). The molecule has 7 nitrogen and oxygen atoms in total. The number of furan rings is 1. The van der Waals surface area contributed by atoms with Crippen LogP contribution in [0.4, 0.5) is 24.9 Å². The molecule has 3 rings (SSSR count). The lowest BCUT2D eigenvalue weighted by Crippen LogP contribution is -2.17. The Balaban J connectivity index is 1.86. The van der Waals surface area contributed by atoms with Crippen LogP contribution in [0.5, 0.6) is 5.75 Å². The molecule has 29 heavy (non-hydrogen) atoms. The highest BCUT2D eigenvalue weighted by molar-refractivity contribution is 5.65. The number of nitrogens with one attached hydrogen (secondary N) is 2. The second-order valence-corrected chi connectivity index (χ2v) is 5.97. The molecule has 0 unspecified atom stereocenters. The summed E-state index contributed by atoms with van der Waals surface area (Å²) in [5, 5.41) is 15.0. The minimum Gasteiger partial charge on any atom is -0.467 e. The number of hydrogen-bond acceptors (Lipinski definition) is 7. The van der Waals surface area contributed by atoms with Crippen LogP contribution in [-0.2, 0) is 6.54 Å². The number of nitrogens with zero attached hydrogens (tertiary/aromatic N) is 2. The molecular formula is C19H19F3N4O3. The van der Waals surface area contributed by atoms with Crippen molar-refractivity contribution in [3.05, 3.63) is 54.5 Å². The predicted octanol–water partition coefficient (Wildman–Crippen LogP) is 4.04. The Labute approximate surface area is 164 Å². The Hall–Kier alpha value is -3.27. The molecule has 0 saturated heterocycles. The van der Waals surface area contributed by atoms with Crippen LogP contribution in [0.1, 0.15) is 12.2 Å². The van der Waals surface area contributed by atoms with E-state index in [0.717, 1.165) is 0 Å². The largest absolute Gasteiger partial charge is 0.573 e. The average molecular weight is 408 g/mol. The number of halogens is 3. The number of aliphatic hydroxyl groups excluding tert-OH is 1. The summed E-state index contributed by atoms with van der Waals surface area (Å²) in [4.78, 5) is 8.70. The summed E-state index contributed by atoms with van der Waals surface area (Å²) in [7, 11) is 0. The highest BCUT2D eigenvalue weighted by Crippen LogP contribution is 2.28. The van der Waals surface area contributed by atoms with Gasteiger partial charge in [0, 0.05) is 24.8 Å². The first kappa shape index (κ1) is 20.5. The molecule has 154 valence electrons. The van der Waals surface area contributed by atoms with Gasteiger partial charge in [-0.1, -0.05) is 12.1 Å². The van der Waals surface area contributed by atoms with Crippen molar-refractivity contribution >= 4 is 11.8 Å². The van der Waals surface area contributed by atoms with Crippen LogP contribution in [-0.4, -0.2) is 34.6 Å². The lowest BCUT2D eigenvalue weighted by molar-refractivity contribution is -0.274. The fourth-order valence-electron chi connectivity index (χ4n) is 2.49. The molecule has 2 heterocycles. The molecule has 3 aromatic rings. The molecule has 0 bridgehead atoms. The maximum Gasteiger partial charge on any atom is 0.573 e. The zero-order chi connectivity index (χ0) is 20.7. The highest BCUT2D eigenvalue weighted by Gasteiger charge is 2.31. The van der Waals surface area contributed by atoms with E-state index in [1.54, 1.807) is 30.5 Å². The van der Waals surface area contributed by atoms with Crippen molar-refractivity contribution in [1.29, 1.82) is 0 Å². The Morgan fingerprint density at radius 2 is 1.93 bits per heavy atom. The molecule has 0 radical (unpaired) electrons. The normalized spacial score (nSPS) is 11.3. The first-order chi connectivity index (χ1) is 13.9. The van der Waals surface area contributed by atoms with Gasteiger partial charge in [0.1, 0.15) is 17.3 Å². The minimum atomic E-state index is -4.78. The molecule has 0 atom stereocenters. The maximum absolute atomic E-state index is 12.5. The topological polar surface area (TPSA) is 92.4 Å². The lowest BCUT2D eigenvalue weighted by atomic mass is 10.1. The second-order valence-electron chi connectivity index (χ2n) is 5.97. The first-order valence-electron chi connectivity index (χ1n) is 8.79. The van der Waals surface area contributed by atoms with Gasteiger partial charge in [0.05, 0.1) is 18.5 Å². The van der Waals surface area contributed by atoms with E-state index in [0.29, 0.717) is 42.3 Å². The smallest absolute Gasteiger partial charge is 0.467 e. The van der Waals surface area contributed by atoms with Crippen LogP contribution >= 0.6 is 0 Å². The van der Waals surface area contributed by atoms with Crippen LogP contribution in [0.2, 0.25) is 0 Å². The summed E-state index contributed by atoms with van der Waals surface area (Å²) in [6.07, 6.45) is -2.73. The van der Waals surface area contributed by atoms with E-state index in [2.05, 4.69) is 25.3 Å². The maximum atomic E-state index is 12.5. The van der Waals surface area contributed by atoms with Gasteiger partial charge in [-0.05, 0) is 30.7 Å². The van der Waals surface area contributed by atoms with Crippen molar-refractivity contribution in [2.45, 2.75) is 19.3 Å².